The first-order valence-corrected chi connectivity index (χ1v) is 9.03. The summed E-state index contributed by atoms with van der Waals surface area (Å²) in [6.07, 6.45) is 0. The van der Waals surface area contributed by atoms with Gasteiger partial charge in [0.25, 0.3) is 5.91 Å². The van der Waals surface area contributed by atoms with Crippen LogP contribution in [-0.2, 0) is 4.79 Å². The van der Waals surface area contributed by atoms with Crippen molar-refractivity contribution in [3.63, 3.8) is 0 Å². The highest BCUT2D eigenvalue weighted by Crippen LogP contribution is 2.32. The molecule has 1 atom stereocenters. The third kappa shape index (κ3) is 3.64. The number of furan rings is 1. The van der Waals surface area contributed by atoms with Gasteiger partial charge in [-0.1, -0.05) is 0 Å². The first kappa shape index (κ1) is 16.6. The minimum Gasteiger partial charge on any atom is -0.464 e. The highest BCUT2D eigenvalue weighted by molar-refractivity contribution is 7.99. The average molecular weight is 344 g/mol. The third-order valence-electron chi connectivity index (χ3n) is 3.93. The molecule has 126 valence electrons. The number of rotatable bonds is 3. The highest BCUT2D eigenvalue weighted by Gasteiger charge is 2.31. The van der Waals surface area contributed by atoms with Crippen LogP contribution < -0.4 is 5.32 Å². The molecule has 2 amide bonds. The number of nitrogens with zero attached hydrogens (tertiary/aromatic N) is 1. The molecule has 0 radical (unpaired) electrons. The second-order valence-electron chi connectivity index (χ2n) is 5.80. The van der Waals surface area contributed by atoms with E-state index in [0.717, 1.165) is 23.0 Å². The Morgan fingerprint density at radius 3 is 2.58 bits per heavy atom. The van der Waals surface area contributed by atoms with Crippen LogP contribution in [0.3, 0.4) is 0 Å². The van der Waals surface area contributed by atoms with Crippen LogP contribution in [0.4, 0.5) is 5.69 Å². The predicted molar refractivity (Wildman–Crippen MR) is 95.3 cm³/mol. The number of amides is 2. The number of carbonyl (C=O) groups excluding carboxylic acids is 2. The molecule has 1 aliphatic rings. The van der Waals surface area contributed by atoms with E-state index in [2.05, 4.69) is 5.32 Å². The van der Waals surface area contributed by atoms with E-state index in [1.54, 1.807) is 24.3 Å². The topological polar surface area (TPSA) is 62.6 Å². The van der Waals surface area contributed by atoms with Gasteiger partial charge in [0.05, 0.1) is 6.04 Å². The second-order valence-corrected chi connectivity index (χ2v) is 6.95. The van der Waals surface area contributed by atoms with Gasteiger partial charge in [0.1, 0.15) is 11.5 Å². The molecule has 2 aromatic rings. The molecule has 0 unspecified atom stereocenters. The van der Waals surface area contributed by atoms with Gasteiger partial charge in [0, 0.05) is 36.2 Å². The van der Waals surface area contributed by atoms with E-state index in [-0.39, 0.29) is 17.9 Å². The van der Waals surface area contributed by atoms with Crippen molar-refractivity contribution in [2.24, 2.45) is 0 Å². The zero-order valence-electron chi connectivity index (χ0n) is 13.7. The van der Waals surface area contributed by atoms with Crippen molar-refractivity contribution < 1.29 is 14.0 Å². The summed E-state index contributed by atoms with van der Waals surface area (Å²) in [4.78, 5) is 25.9. The Balaban J connectivity index is 1.80. The maximum absolute atomic E-state index is 12.9. The molecule has 1 fully saturated rings. The van der Waals surface area contributed by atoms with Crippen LogP contribution >= 0.6 is 11.8 Å². The van der Waals surface area contributed by atoms with Crippen molar-refractivity contribution in [3.05, 3.63) is 53.5 Å². The van der Waals surface area contributed by atoms with Gasteiger partial charge in [-0.3, -0.25) is 9.59 Å². The molecule has 0 aliphatic carbocycles. The molecule has 0 bridgehead atoms. The number of carbonyl (C=O) groups is 2. The number of hydrogen-bond acceptors (Lipinski definition) is 4. The van der Waals surface area contributed by atoms with Gasteiger partial charge in [-0.25, -0.2) is 0 Å². The van der Waals surface area contributed by atoms with E-state index in [4.69, 9.17) is 4.42 Å². The number of hydrogen-bond donors (Lipinski definition) is 1. The van der Waals surface area contributed by atoms with Crippen molar-refractivity contribution in [1.29, 1.82) is 0 Å². The highest BCUT2D eigenvalue weighted by atomic mass is 32.2. The SMILES string of the molecule is CC(=O)Nc1ccc(C(=O)N2CCSC[C@@H]2c2ccc(C)o2)cc1. The largest absolute Gasteiger partial charge is 0.464 e. The van der Waals surface area contributed by atoms with Gasteiger partial charge < -0.3 is 14.6 Å². The summed E-state index contributed by atoms with van der Waals surface area (Å²) in [6.45, 7) is 4.06. The Hall–Kier alpha value is -2.21. The molecular formula is C18H20N2O3S. The molecule has 3 rings (SSSR count). The number of anilines is 1. The number of nitrogens with one attached hydrogen (secondary N) is 1. The summed E-state index contributed by atoms with van der Waals surface area (Å²) in [7, 11) is 0. The fourth-order valence-corrected chi connectivity index (χ4v) is 3.84. The summed E-state index contributed by atoms with van der Waals surface area (Å²) in [5.41, 5.74) is 1.30. The van der Waals surface area contributed by atoms with Gasteiger partial charge in [-0.05, 0) is 43.3 Å². The quantitative estimate of drug-likeness (QED) is 0.926. The van der Waals surface area contributed by atoms with E-state index >= 15 is 0 Å². The predicted octanol–water partition coefficient (Wildman–Crippen LogP) is 3.48. The summed E-state index contributed by atoms with van der Waals surface area (Å²) in [6, 6.07) is 10.8. The van der Waals surface area contributed by atoms with Crippen LogP contribution in [0, 0.1) is 6.92 Å². The fraction of sp³-hybridized carbons (Fsp3) is 0.333. The lowest BCUT2D eigenvalue weighted by molar-refractivity contribution is -0.114. The van der Waals surface area contributed by atoms with Gasteiger partial charge in [0.2, 0.25) is 5.91 Å². The minimum atomic E-state index is -0.129. The van der Waals surface area contributed by atoms with Crippen LogP contribution in [0.5, 0.6) is 0 Å². The van der Waals surface area contributed by atoms with Crippen molar-refractivity contribution in [2.75, 3.05) is 23.4 Å². The lowest BCUT2D eigenvalue weighted by Gasteiger charge is -2.34. The Bertz CT molecular complexity index is 739. The molecular weight excluding hydrogens is 324 g/mol. The molecule has 0 saturated carbocycles. The monoisotopic (exact) mass is 344 g/mol. The maximum Gasteiger partial charge on any atom is 0.254 e. The van der Waals surface area contributed by atoms with Crippen LogP contribution in [0.15, 0.2) is 40.8 Å². The number of aryl methyl sites for hydroxylation is 1. The molecule has 1 aromatic carbocycles. The van der Waals surface area contributed by atoms with Crippen LogP contribution in [0.25, 0.3) is 0 Å². The summed E-state index contributed by atoms with van der Waals surface area (Å²) < 4.78 is 5.75. The van der Waals surface area contributed by atoms with Crippen LogP contribution in [-0.4, -0.2) is 34.8 Å². The molecule has 1 aromatic heterocycles. The van der Waals surface area contributed by atoms with Gasteiger partial charge in [-0.2, -0.15) is 11.8 Å². The molecule has 5 nitrogen and oxygen atoms in total. The van der Waals surface area contributed by atoms with E-state index in [1.165, 1.54) is 6.92 Å². The molecule has 6 heteroatoms. The lowest BCUT2D eigenvalue weighted by atomic mass is 10.1. The summed E-state index contributed by atoms with van der Waals surface area (Å²) in [5.74, 6) is 3.31. The second kappa shape index (κ2) is 7.13. The van der Waals surface area contributed by atoms with Crippen LogP contribution in [0.1, 0.15) is 34.8 Å². The van der Waals surface area contributed by atoms with Crippen molar-refractivity contribution in [3.8, 4) is 0 Å². The molecule has 24 heavy (non-hydrogen) atoms. The smallest absolute Gasteiger partial charge is 0.254 e. The lowest BCUT2D eigenvalue weighted by Crippen LogP contribution is -2.40. The van der Waals surface area contributed by atoms with E-state index in [9.17, 15) is 9.59 Å². The normalized spacial score (nSPS) is 17.6. The van der Waals surface area contributed by atoms with E-state index < -0.39 is 0 Å². The van der Waals surface area contributed by atoms with Gasteiger partial charge in [-0.15, -0.1) is 0 Å². The standard InChI is InChI=1S/C18H20N2O3S/c1-12-3-8-17(23-12)16-11-24-10-9-20(16)18(22)14-4-6-15(7-5-14)19-13(2)21/h3-8,16H,9-11H2,1-2H3,(H,19,21)/t16-/m1/s1. The first-order valence-electron chi connectivity index (χ1n) is 7.87. The Kier molecular flexibility index (Phi) is 4.94. The first-order chi connectivity index (χ1) is 11.5. The van der Waals surface area contributed by atoms with Crippen molar-refractivity contribution in [1.82, 2.24) is 4.90 Å². The average Bonchev–Trinajstić information content (AvgIpc) is 3.01. The van der Waals surface area contributed by atoms with Gasteiger partial charge in [0.15, 0.2) is 0 Å². The zero-order valence-corrected chi connectivity index (χ0v) is 14.6. The van der Waals surface area contributed by atoms with E-state index in [1.807, 2.05) is 35.7 Å². The molecule has 2 heterocycles. The molecule has 1 saturated heterocycles. The van der Waals surface area contributed by atoms with Gasteiger partial charge >= 0.3 is 0 Å². The van der Waals surface area contributed by atoms with E-state index in [0.29, 0.717) is 17.8 Å². The number of thioether (sulfide) groups is 1. The fourth-order valence-electron chi connectivity index (χ4n) is 2.78. The Labute approximate surface area is 145 Å². The molecule has 0 spiro atoms. The Morgan fingerprint density at radius 2 is 1.96 bits per heavy atom. The van der Waals surface area contributed by atoms with Crippen LogP contribution in [0.2, 0.25) is 0 Å². The van der Waals surface area contributed by atoms with Crippen molar-refractivity contribution in [2.45, 2.75) is 19.9 Å². The zero-order chi connectivity index (χ0) is 17.1. The Morgan fingerprint density at radius 1 is 1.21 bits per heavy atom. The van der Waals surface area contributed by atoms with Crippen molar-refractivity contribution >= 4 is 29.3 Å². The summed E-state index contributed by atoms with van der Waals surface area (Å²) in [5, 5.41) is 2.71. The summed E-state index contributed by atoms with van der Waals surface area (Å²) >= 11 is 1.83. The molecule has 1 N–H and O–H groups in total. The number of benzene rings is 1. The molecule has 1 aliphatic heterocycles. The maximum atomic E-state index is 12.9. The third-order valence-corrected chi connectivity index (χ3v) is 4.95. The minimum absolute atomic E-state index is 0.0104.